The Morgan fingerprint density at radius 1 is 1.48 bits per heavy atom. The Bertz CT molecular complexity index is 482. The Morgan fingerprint density at radius 2 is 2.14 bits per heavy atom. The van der Waals surface area contributed by atoms with Gasteiger partial charge in [0.15, 0.2) is 5.82 Å². The number of hydrogen-bond acceptors (Lipinski definition) is 5. The summed E-state index contributed by atoms with van der Waals surface area (Å²) in [6, 6.07) is -0.588. The van der Waals surface area contributed by atoms with Crippen molar-refractivity contribution in [2.45, 2.75) is 51.7 Å². The minimum Gasteiger partial charge on any atom is -0.392 e. The molecule has 1 heterocycles. The lowest BCUT2D eigenvalue weighted by atomic mass is 10.0. The highest BCUT2D eigenvalue weighted by molar-refractivity contribution is 5.74. The van der Waals surface area contributed by atoms with Gasteiger partial charge >= 0.3 is 6.03 Å². The lowest BCUT2D eigenvalue weighted by Gasteiger charge is -2.24. The molecule has 2 amide bonds. The van der Waals surface area contributed by atoms with E-state index in [9.17, 15) is 9.90 Å². The van der Waals surface area contributed by atoms with E-state index in [1.165, 1.54) is 4.90 Å². The standard InChI is InChI=1S/C14H24N4O3/c1-8(2)11(15-14(20)18(4)7-9(3)19)13-16-12(17-21-13)10-5-6-10/h8-11,19H,5-7H2,1-4H3,(H,15,20). The summed E-state index contributed by atoms with van der Waals surface area (Å²) in [5.41, 5.74) is 0. The number of carbonyl (C=O) groups is 1. The molecule has 1 aromatic rings. The van der Waals surface area contributed by atoms with E-state index in [1.54, 1.807) is 14.0 Å². The number of rotatable bonds is 6. The molecule has 1 fully saturated rings. The van der Waals surface area contributed by atoms with E-state index < -0.39 is 6.10 Å². The van der Waals surface area contributed by atoms with Crippen LogP contribution in [0.15, 0.2) is 4.52 Å². The number of carbonyl (C=O) groups excluding carboxylic acids is 1. The fourth-order valence-electron chi connectivity index (χ4n) is 2.12. The van der Waals surface area contributed by atoms with Crippen molar-refractivity contribution in [2.24, 2.45) is 5.92 Å². The Kier molecular flexibility index (Phi) is 4.82. The third-order valence-electron chi connectivity index (χ3n) is 3.50. The van der Waals surface area contributed by atoms with Gasteiger partial charge in [-0.05, 0) is 25.7 Å². The van der Waals surface area contributed by atoms with Gasteiger partial charge in [0.1, 0.15) is 6.04 Å². The smallest absolute Gasteiger partial charge is 0.317 e. The molecule has 0 spiro atoms. The second-order valence-corrected chi connectivity index (χ2v) is 6.17. The lowest BCUT2D eigenvalue weighted by molar-refractivity contribution is 0.139. The highest BCUT2D eigenvalue weighted by Crippen LogP contribution is 2.38. The molecule has 0 bridgehead atoms. The highest BCUT2D eigenvalue weighted by Gasteiger charge is 2.32. The van der Waals surface area contributed by atoms with Crippen LogP contribution in [0.1, 0.15) is 57.3 Å². The maximum Gasteiger partial charge on any atom is 0.317 e. The van der Waals surface area contributed by atoms with Crippen LogP contribution in [0, 0.1) is 5.92 Å². The van der Waals surface area contributed by atoms with Crippen molar-refractivity contribution in [1.82, 2.24) is 20.4 Å². The molecule has 7 nitrogen and oxygen atoms in total. The van der Waals surface area contributed by atoms with Crippen molar-refractivity contribution in [1.29, 1.82) is 0 Å². The van der Waals surface area contributed by atoms with Gasteiger partial charge < -0.3 is 19.8 Å². The molecule has 1 saturated carbocycles. The largest absolute Gasteiger partial charge is 0.392 e. The number of aromatic nitrogens is 2. The predicted molar refractivity (Wildman–Crippen MR) is 76.7 cm³/mol. The van der Waals surface area contributed by atoms with E-state index >= 15 is 0 Å². The number of likely N-dealkylation sites (N-methyl/N-ethyl adjacent to an activating group) is 1. The van der Waals surface area contributed by atoms with Crippen molar-refractivity contribution in [3.8, 4) is 0 Å². The van der Waals surface area contributed by atoms with Gasteiger partial charge in [-0.15, -0.1) is 0 Å². The average Bonchev–Trinajstić information content (AvgIpc) is 3.13. The zero-order valence-electron chi connectivity index (χ0n) is 13.0. The minimum atomic E-state index is -0.567. The van der Waals surface area contributed by atoms with Crippen molar-refractivity contribution < 1.29 is 14.4 Å². The molecule has 2 unspecified atom stereocenters. The first kappa shape index (κ1) is 15.8. The molecular formula is C14H24N4O3. The average molecular weight is 296 g/mol. The predicted octanol–water partition coefficient (Wildman–Crippen LogP) is 1.67. The number of amides is 2. The quantitative estimate of drug-likeness (QED) is 0.833. The third-order valence-corrected chi connectivity index (χ3v) is 3.50. The second-order valence-electron chi connectivity index (χ2n) is 6.17. The Labute approximate surface area is 124 Å². The minimum absolute atomic E-state index is 0.126. The molecule has 1 aliphatic carbocycles. The highest BCUT2D eigenvalue weighted by atomic mass is 16.5. The van der Waals surface area contributed by atoms with E-state index in [4.69, 9.17) is 4.52 Å². The van der Waals surface area contributed by atoms with E-state index in [-0.39, 0.29) is 24.5 Å². The van der Waals surface area contributed by atoms with Gasteiger partial charge in [0.05, 0.1) is 6.10 Å². The molecule has 2 rings (SSSR count). The van der Waals surface area contributed by atoms with Gasteiger partial charge in [-0.3, -0.25) is 0 Å². The van der Waals surface area contributed by atoms with Crippen LogP contribution in [0.5, 0.6) is 0 Å². The molecule has 21 heavy (non-hydrogen) atoms. The molecule has 7 heteroatoms. The van der Waals surface area contributed by atoms with E-state index in [2.05, 4.69) is 15.5 Å². The van der Waals surface area contributed by atoms with Crippen molar-refractivity contribution in [2.75, 3.05) is 13.6 Å². The summed E-state index contributed by atoms with van der Waals surface area (Å²) in [7, 11) is 1.64. The lowest BCUT2D eigenvalue weighted by Crippen LogP contribution is -2.43. The molecule has 0 aromatic carbocycles. The van der Waals surface area contributed by atoms with Crippen LogP contribution < -0.4 is 5.32 Å². The second kappa shape index (κ2) is 6.43. The monoisotopic (exact) mass is 296 g/mol. The van der Waals surface area contributed by atoms with Gasteiger partial charge in [0.25, 0.3) is 0 Å². The molecule has 2 atom stereocenters. The van der Waals surface area contributed by atoms with Crippen LogP contribution in [0.3, 0.4) is 0 Å². The van der Waals surface area contributed by atoms with E-state index in [0.717, 1.165) is 18.7 Å². The number of hydrogen-bond donors (Lipinski definition) is 2. The molecule has 1 aromatic heterocycles. The summed E-state index contributed by atoms with van der Waals surface area (Å²) >= 11 is 0. The zero-order valence-corrected chi connectivity index (χ0v) is 13.0. The molecule has 1 aliphatic rings. The van der Waals surface area contributed by atoms with Crippen LogP contribution >= 0.6 is 0 Å². The summed E-state index contributed by atoms with van der Waals surface area (Å²) in [4.78, 5) is 18.0. The first-order chi connectivity index (χ1) is 9.88. The number of nitrogens with one attached hydrogen (secondary N) is 1. The fraction of sp³-hybridized carbons (Fsp3) is 0.786. The van der Waals surface area contributed by atoms with E-state index in [0.29, 0.717) is 11.8 Å². The zero-order chi connectivity index (χ0) is 15.6. The van der Waals surface area contributed by atoms with Crippen molar-refractivity contribution in [3.05, 3.63) is 11.7 Å². The summed E-state index contributed by atoms with van der Waals surface area (Å²) in [5, 5.41) is 16.2. The van der Waals surface area contributed by atoms with Gasteiger partial charge in [-0.1, -0.05) is 19.0 Å². The van der Waals surface area contributed by atoms with Crippen LogP contribution in [0.2, 0.25) is 0 Å². The first-order valence-electron chi connectivity index (χ1n) is 7.41. The first-order valence-corrected chi connectivity index (χ1v) is 7.41. The van der Waals surface area contributed by atoms with Crippen molar-refractivity contribution >= 4 is 6.03 Å². The van der Waals surface area contributed by atoms with E-state index in [1.807, 2.05) is 13.8 Å². The number of aliphatic hydroxyl groups is 1. The van der Waals surface area contributed by atoms with Crippen molar-refractivity contribution in [3.63, 3.8) is 0 Å². The molecule has 2 N–H and O–H groups in total. The van der Waals surface area contributed by atoms with Crippen LogP contribution in [0.25, 0.3) is 0 Å². The van der Waals surface area contributed by atoms with Gasteiger partial charge in [0.2, 0.25) is 5.89 Å². The van der Waals surface area contributed by atoms with Crippen LogP contribution in [-0.4, -0.2) is 45.9 Å². The maximum absolute atomic E-state index is 12.1. The molecule has 0 aliphatic heterocycles. The number of aliphatic hydroxyl groups excluding tert-OH is 1. The van der Waals surface area contributed by atoms with Crippen LogP contribution in [-0.2, 0) is 0 Å². The molecule has 0 saturated heterocycles. The van der Waals surface area contributed by atoms with Gasteiger partial charge in [-0.2, -0.15) is 4.98 Å². The molecule has 118 valence electrons. The maximum atomic E-state index is 12.1. The Balaban J connectivity index is 2.02. The SMILES string of the molecule is CC(O)CN(C)C(=O)NC(c1nc(C2CC2)no1)C(C)C. The number of urea groups is 1. The summed E-state index contributed by atoms with van der Waals surface area (Å²) in [6.45, 7) is 5.89. The van der Waals surface area contributed by atoms with Gasteiger partial charge in [-0.25, -0.2) is 4.79 Å². The summed E-state index contributed by atoms with van der Waals surface area (Å²) < 4.78 is 5.31. The normalized spacial score (nSPS) is 17.6. The van der Waals surface area contributed by atoms with Gasteiger partial charge in [0, 0.05) is 19.5 Å². The third kappa shape index (κ3) is 4.17. The Morgan fingerprint density at radius 3 is 2.67 bits per heavy atom. The topological polar surface area (TPSA) is 91.5 Å². The Hall–Kier alpha value is -1.63. The molecule has 0 radical (unpaired) electrons. The summed E-state index contributed by atoms with van der Waals surface area (Å²) in [6.07, 6.45) is 1.65. The summed E-state index contributed by atoms with van der Waals surface area (Å²) in [5.74, 6) is 1.73. The molecular weight excluding hydrogens is 272 g/mol. The van der Waals surface area contributed by atoms with Crippen LogP contribution in [0.4, 0.5) is 4.79 Å². The fourth-order valence-corrected chi connectivity index (χ4v) is 2.12. The number of nitrogens with zero attached hydrogens (tertiary/aromatic N) is 3.